The third kappa shape index (κ3) is 3.85. The predicted octanol–water partition coefficient (Wildman–Crippen LogP) is 2.98. The summed E-state index contributed by atoms with van der Waals surface area (Å²) in [6.45, 7) is 4.84. The largest absolute Gasteiger partial charge is 0.380 e. The zero-order chi connectivity index (χ0) is 12.8. The zero-order valence-electron chi connectivity index (χ0n) is 10.6. The predicted molar refractivity (Wildman–Crippen MR) is 76.4 cm³/mol. The number of pyridine rings is 1. The molecule has 100 valence electrons. The third-order valence-electron chi connectivity index (χ3n) is 2.95. The highest BCUT2D eigenvalue weighted by Gasteiger charge is 2.27. The average Bonchev–Trinajstić information content (AvgIpc) is 2.40. The second-order valence-electron chi connectivity index (χ2n) is 4.37. The van der Waals surface area contributed by atoms with E-state index in [0.717, 1.165) is 42.6 Å². The molecule has 2 atom stereocenters. The van der Waals surface area contributed by atoms with Crippen molar-refractivity contribution in [3.8, 4) is 0 Å². The number of aromatic nitrogens is 1. The monoisotopic (exact) mass is 286 g/mol. The topological polar surface area (TPSA) is 34.1 Å². The van der Waals surface area contributed by atoms with Crippen LogP contribution in [0.5, 0.6) is 0 Å². The van der Waals surface area contributed by atoms with Crippen molar-refractivity contribution < 1.29 is 4.74 Å². The van der Waals surface area contributed by atoms with Gasteiger partial charge in [0, 0.05) is 24.1 Å². The molecule has 1 aromatic heterocycles. The van der Waals surface area contributed by atoms with Gasteiger partial charge < -0.3 is 10.1 Å². The summed E-state index contributed by atoms with van der Waals surface area (Å²) in [7, 11) is 0. The van der Waals surface area contributed by atoms with Crippen molar-refractivity contribution in [3.63, 3.8) is 0 Å². The molecular weight excluding hydrogens is 268 g/mol. The Hall–Kier alpha value is -0.290. The summed E-state index contributed by atoms with van der Waals surface area (Å²) in [5.74, 6) is 0. The molecule has 0 saturated carbocycles. The smallest absolute Gasteiger partial charge is 0.115 e. The fraction of sp³-hybridized carbons (Fsp3) is 0.615. The summed E-state index contributed by atoms with van der Waals surface area (Å²) >= 11 is 7.87. The van der Waals surface area contributed by atoms with E-state index in [-0.39, 0.29) is 0 Å². The summed E-state index contributed by atoms with van der Waals surface area (Å²) < 4.78 is 5.57. The van der Waals surface area contributed by atoms with E-state index in [1.807, 2.05) is 12.1 Å². The fourth-order valence-electron chi connectivity index (χ4n) is 1.99. The van der Waals surface area contributed by atoms with Crippen LogP contribution in [0.2, 0.25) is 5.02 Å². The van der Waals surface area contributed by atoms with E-state index in [1.54, 1.807) is 18.0 Å². The number of ether oxygens (including phenoxy) is 1. The molecule has 1 aliphatic heterocycles. The van der Waals surface area contributed by atoms with Crippen LogP contribution in [0.25, 0.3) is 0 Å². The van der Waals surface area contributed by atoms with E-state index in [2.05, 4.69) is 17.2 Å². The molecule has 1 aliphatic rings. The van der Waals surface area contributed by atoms with Crippen LogP contribution in [0, 0.1) is 0 Å². The maximum atomic E-state index is 6.15. The Morgan fingerprint density at radius 3 is 3.28 bits per heavy atom. The van der Waals surface area contributed by atoms with Gasteiger partial charge in [-0.1, -0.05) is 30.3 Å². The van der Waals surface area contributed by atoms with Crippen LogP contribution < -0.4 is 5.32 Å². The zero-order valence-corrected chi connectivity index (χ0v) is 12.1. The molecule has 2 heterocycles. The quantitative estimate of drug-likeness (QED) is 0.902. The van der Waals surface area contributed by atoms with E-state index < -0.39 is 0 Å². The van der Waals surface area contributed by atoms with Crippen molar-refractivity contribution in [1.29, 1.82) is 0 Å². The number of nitrogens with one attached hydrogen (secondary N) is 1. The molecule has 18 heavy (non-hydrogen) atoms. The van der Waals surface area contributed by atoms with Crippen LogP contribution in [0.4, 0.5) is 0 Å². The van der Waals surface area contributed by atoms with Crippen molar-refractivity contribution in [3.05, 3.63) is 23.4 Å². The van der Waals surface area contributed by atoms with Crippen molar-refractivity contribution in [2.24, 2.45) is 0 Å². The third-order valence-corrected chi connectivity index (χ3v) is 4.68. The fourth-order valence-corrected chi connectivity index (χ4v) is 3.40. The molecule has 0 radical (unpaired) electrons. The Bertz CT molecular complexity index is 378. The lowest BCUT2D eigenvalue weighted by Crippen LogP contribution is -2.45. The van der Waals surface area contributed by atoms with Gasteiger partial charge in [-0.2, -0.15) is 0 Å². The Balaban J connectivity index is 1.98. The van der Waals surface area contributed by atoms with Gasteiger partial charge in [-0.25, -0.2) is 4.98 Å². The van der Waals surface area contributed by atoms with Crippen molar-refractivity contribution in [1.82, 2.24) is 10.3 Å². The van der Waals surface area contributed by atoms with Crippen molar-refractivity contribution >= 4 is 23.4 Å². The highest BCUT2D eigenvalue weighted by Crippen LogP contribution is 2.31. The highest BCUT2D eigenvalue weighted by atomic mass is 35.5. The number of thioether (sulfide) groups is 1. The van der Waals surface area contributed by atoms with Gasteiger partial charge in [0.2, 0.25) is 0 Å². The van der Waals surface area contributed by atoms with Crippen molar-refractivity contribution in [2.45, 2.75) is 36.1 Å². The molecule has 3 nitrogen and oxygen atoms in total. The molecule has 2 rings (SSSR count). The van der Waals surface area contributed by atoms with Gasteiger partial charge in [-0.3, -0.25) is 0 Å². The van der Waals surface area contributed by atoms with Gasteiger partial charge in [0.1, 0.15) is 5.03 Å². The van der Waals surface area contributed by atoms with Gasteiger partial charge in [0.15, 0.2) is 0 Å². The molecule has 1 aromatic rings. The Morgan fingerprint density at radius 2 is 2.50 bits per heavy atom. The van der Waals surface area contributed by atoms with Crippen LogP contribution in [0.3, 0.4) is 0 Å². The number of hydrogen-bond acceptors (Lipinski definition) is 4. The molecule has 2 unspecified atom stereocenters. The molecule has 1 fully saturated rings. The summed E-state index contributed by atoms with van der Waals surface area (Å²) in [4.78, 5) is 4.33. The van der Waals surface area contributed by atoms with E-state index in [9.17, 15) is 0 Å². The maximum Gasteiger partial charge on any atom is 0.115 e. The van der Waals surface area contributed by atoms with Crippen LogP contribution >= 0.6 is 23.4 Å². The molecule has 5 heteroatoms. The van der Waals surface area contributed by atoms with Crippen LogP contribution in [-0.2, 0) is 4.74 Å². The Labute approximate surface area is 118 Å². The van der Waals surface area contributed by atoms with E-state index in [4.69, 9.17) is 16.3 Å². The molecule has 1 saturated heterocycles. The molecule has 0 bridgehead atoms. The van der Waals surface area contributed by atoms with Crippen LogP contribution in [0.15, 0.2) is 23.4 Å². The lowest BCUT2D eigenvalue weighted by atomic mass is 10.1. The van der Waals surface area contributed by atoms with Gasteiger partial charge in [0.25, 0.3) is 0 Å². The average molecular weight is 287 g/mol. The summed E-state index contributed by atoms with van der Waals surface area (Å²) in [6, 6.07) is 4.23. The first kappa shape index (κ1) is 14.1. The molecule has 0 spiro atoms. The second kappa shape index (κ2) is 7.34. The Kier molecular flexibility index (Phi) is 5.76. The van der Waals surface area contributed by atoms with Crippen LogP contribution in [0.1, 0.15) is 19.8 Å². The summed E-state index contributed by atoms with van der Waals surface area (Å²) in [5, 5.41) is 5.60. The normalized spacial score (nSPS) is 24.1. The molecule has 0 aromatic carbocycles. The summed E-state index contributed by atoms with van der Waals surface area (Å²) in [6.07, 6.45) is 3.99. The van der Waals surface area contributed by atoms with Gasteiger partial charge in [0.05, 0.1) is 11.6 Å². The standard InChI is InChI=1S/C13H19ClN2OS/c1-2-6-15-11-5-8-17-9-12(11)18-13-10(14)4-3-7-16-13/h3-4,7,11-12,15H,2,5-6,8-9H2,1H3. The minimum Gasteiger partial charge on any atom is -0.380 e. The van der Waals surface area contributed by atoms with Crippen molar-refractivity contribution in [2.75, 3.05) is 19.8 Å². The molecule has 1 N–H and O–H groups in total. The van der Waals surface area contributed by atoms with Gasteiger partial charge in [-0.15, -0.1) is 0 Å². The first-order valence-corrected chi connectivity index (χ1v) is 7.65. The van der Waals surface area contributed by atoms with E-state index in [1.165, 1.54) is 0 Å². The van der Waals surface area contributed by atoms with Gasteiger partial charge in [-0.05, 0) is 31.5 Å². The molecule has 0 amide bonds. The minimum atomic E-state index is 0.387. The highest BCUT2D eigenvalue weighted by molar-refractivity contribution is 8.00. The molecule has 0 aliphatic carbocycles. The summed E-state index contributed by atoms with van der Waals surface area (Å²) in [5.41, 5.74) is 0. The lowest BCUT2D eigenvalue weighted by Gasteiger charge is -2.31. The number of halogens is 1. The first-order valence-electron chi connectivity index (χ1n) is 6.39. The second-order valence-corrected chi connectivity index (χ2v) is 6.01. The van der Waals surface area contributed by atoms with Crippen LogP contribution in [-0.4, -0.2) is 36.0 Å². The number of rotatable bonds is 5. The lowest BCUT2D eigenvalue weighted by molar-refractivity contribution is 0.0833. The number of hydrogen-bond donors (Lipinski definition) is 1. The SMILES string of the molecule is CCCNC1CCOCC1Sc1ncccc1Cl. The molecular formula is C13H19ClN2OS. The first-order chi connectivity index (χ1) is 8.81. The van der Waals surface area contributed by atoms with E-state index >= 15 is 0 Å². The Morgan fingerprint density at radius 1 is 1.61 bits per heavy atom. The minimum absolute atomic E-state index is 0.387. The van der Waals surface area contributed by atoms with Gasteiger partial charge >= 0.3 is 0 Å². The van der Waals surface area contributed by atoms with E-state index in [0.29, 0.717) is 11.3 Å². The number of nitrogens with zero attached hydrogens (tertiary/aromatic N) is 1. The maximum absolute atomic E-state index is 6.15.